The zero-order chi connectivity index (χ0) is 19.2. The summed E-state index contributed by atoms with van der Waals surface area (Å²) < 4.78 is 38.2. The number of rotatable bonds is 9. The van der Waals surface area contributed by atoms with E-state index in [9.17, 15) is 8.42 Å². The first kappa shape index (κ1) is 19.9. The van der Waals surface area contributed by atoms with Crippen LogP contribution in [0.4, 0.5) is 11.4 Å². The molecule has 2 rings (SSSR count). The van der Waals surface area contributed by atoms with Crippen molar-refractivity contribution >= 4 is 21.4 Å². The molecule has 0 atom stereocenters. The zero-order valence-corrected chi connectivity index (χ0v) is 16.3. The fourth-order valence-corrected chi connectivity index (χ4v) is 3.50. The first-order valence-corrected chi connectivity index (χ1v) is 9.57. The van der Waals surface area contributed by atoms with Crippen LogP contribution in [0.5, 0.6) is 11.5 Å². The van der Waals surface area contributed by atoms with E-state index in [0.29, 0.717) is 11.4 Å². The van der Waals surface area contributed by atoms with Gasteiger partial charge in [0.2, 0.25) is 0 Å². The lowest BCUT2D eigenvalue weighted by molar-refractivity contribution is 0.386. The van der Waals surface area contributed by atoms with Crippen LogP contribution in [0, 0.1) is 0 Å². The maximum absolute atomic E-state index is 12.7. The minimum absolute atomic E-state index is 0.0500. The number of ether oxygens (including phenoxy) is 2. The van der Waals surface area contributed by atoms with E-state index in [2.05, 4.69) is 14.9 Å². The van der Waals surface area contributed by atoms with Crippen LogP contribution < -0.4 is 19.5 Å². The summed E-state index contributed by atoms with van der Waals surface area (Å²) >= 11 is 0. The zero-order valence-electron chi connectivity index (χ0n) is 15.4. The lowest BCUT2D eigenvalue weighted by Gasteiger charge is -2.14. The molecule has 0 aliphatic rings. The summed E-state index contributed by atoms with van der Waals surface area (Å²) in [5.41, 5.74) is 1.40. The predicted molar refractivity (Wildman–Crippen MR) is 104 cm³/mol. The van der Waals surface area contributed by atoms with E-state index in [-0.39, 0.29) is 10.6 Å². The number of anilines is 2. The van der Waals surface area contributed by atoms with E-state index in [1.807, 2.05) is 26.2 Å². The summed E-state index contributed by atoms with van der Waals surface area (Å²) in [5.74, 6) is 0.743. The normalized spacial score (nSPS) is 11.3. The smallest absolute Gasteiger partial charge is 0.265 e. The number of benzene rings is 2. The van der Waals surface area contributed by atoms with Crippen LogP contribution in [-0.4, -0.2) is 54.7 Å². The van der Waals surface area contributed by atoms with Crippen LogP contribution in [0.3, 0.4) is 0 Å². The molecule has 0 fully saturated rings. The van der Waals surface area contributed by atoms with E-state index in [1.54, 1.807) is 18.2 Å². The maximum atomic E-state index is 12.7. The standard InChI is InChI=1S/C18H25N3O4S/c1-21(2)12-11-19-14-5-7-15(8-6-14)20-26(22,23)18-10-9-16(24-3)13-17(18)25-4/h5-10,13,19-20H,11-12H2,1-4H3. The first-order chi connectivity index (χ1) is 12.4. The second-order valence-electron chi connectivity index (χ2n) is 5.93. The quantitative estimate of drug-likeness (QED) is 0.697. The van der Waals surface area contributed by atoms with Crippen molar-refractivity contribution in [2.45, 2.75) is 4.90 Å². The van der Waals surface area contributed by atoms with E-state index in [1.165, 1.54) is 26.4 Å². The van der Waals surface area contributed by atoms with Crippen molar-refractivity contribution in [3.63, 3.8) is 0 Å². The molecule has 0 unspecified atom stereocenters. The van der Waals surface area contributed by atoms with Crippen LogP contribution in [0.25, 0.3) is 0 Å². The largest absolute Gasteiger partial charge is 0.497 e. The average molecular weight is 379 g/mol. The van der Waals surface area contributed by atoms with Crippen LogP contribution >= 0.6 is 0 Å². The predicted octanol–water partition coefficient (Wildman–Crippen LogP) is 2.48. The van der Waals surface area contributed by atoms with E-state index in [4.69, 9.17) is 9.47 Å². The van der Waals surface area contributed by atoms with Gasteiger partial charge < -0.3 is 19.7 Å². The molecular formula is C18H25N3O4S. The molecule has 142 valence electrons. The lowest BCUT2D eigenvalue weighted by Crippen LogP contribution is -2.20. The molecule has 0 aliphatic carbocycles. The Morgan fingerprint density at radius 1 is 0.962 bits per heavy atom. The van der Waals surface area contributed by atoms with E-state index < -0.39 is 10.0 Å². The maximum Gasteiger partial charge on any atom is 0.265 e. The third kappa shape index (κ3) is 5.27. The summed E-state index contributed by atoms with van der Waals surface area (Å²) in [6.45, 7) is 1.72. The van der Waals surface area contributed by atoms with Gasteiger partial charge in [-0.25, -0.2) is 8.42 Å². The van der Waals surface area contributed by atoms with Crippen LogP contribution in [0.15, 0.2) is 47.4 Å². The monoisotopic (exact) mass is 379 g/mol. The Kier molecular flexibility index (Phi) is 6.70. The second kappa shape index (κ2) is 8.77. The van der Waals surface area contributed by atoms with Gasteiger partial charge >= 0.3 is 0 Å². The van der Waals surface area contributed by atoms with Crippen LogP contribution in [-0.2, 0) is 10.0 Å². The molecule has 8 heteroatoms. The summed E-state index contributed by atoms with van der Waals surface area (Å²) in [5, 5.41) is 3.28. The number of hydrogen-bond donors (Lipinski definition) is 2. The molecule has 7 nitrogen and oxygen atoms in total. The van der Waals surface area contributed by atoms with Gasteiger partial charge in [-0.3, -0.25) is 4.72 Å². The highest BCUT2D eigenvalue weighted by atomic mass is 32.2. The third-order valence-corrected chi connectivity index (χ3v) is 5.11. The third-order valence-electron chi connectivity index (χ3n) is 3.69. The Balaban J connectivity index is 2.12. The molecular weight excluding hydrogens is 354 g/mol. The molecule has 0 aliphatic heterocycles. The van der Waals surface area contributed by atoms with Gasteiger partial charge in [-0.1, -0.05) is 0 Å². The van der Waals surface area contributed by atoms with Gasteiger partial charge in [-0.15, -0.1) is 0 Å². The molecule has 0 radical (unpaired) electrons. The second-order valence-corrected chi connectivity index (χ2v) is 7.58. The van der Waals surface area contributed by atoms with Gasteiger partial charge in [0.1, 0.15) is 16.4 Å². The summed E-state index contributed by atoms with van der Waals surface area (Å²) in [6, 6.07) is 11.7. The molecule has 2 aromatic carbocycles. The molecule has 2 N–H and O–H groups in total. The number of hydrogen-bond acceptors (Lipinski definition) is 6. The molecule has 0 saturated carbocycles. The van der Waals surface area contributed by atoms with Gasteiger partial charge in [-0.05, 0) is 50.5 Å². The van der Waals surface area contributed by atoms with Gasteiger partial charge in [0, 0.05) is 30.5 Å². The Hall–Kier alpha value is -2.45. The minimum Gasteiger partial charge on any atom is -0.497 e. The fourth-order valence-electron chi connectivity index (χ4n) is 2.29. The molecule has 0 spiro atoms. The van der Waals surface area contributed by atoms with Crippen molar-refractivity contribution < 1.29 is 17.9 Å². The van der Waals surface area contributed by atoms with E-state index in [0.717, 1.165) is 18.8 Å². The van der Waals surface area contributed by atoms with Crippen molar-refractivity contribution in [3.05, 3.63) is 42.5 Å². The molecule has 2 aromatic rings. The van der Waals surface area contributed by atoms with Gasteiger partial charge in [0.05, 0.1) is 14.2 Å². The van der Waals surface area contributed by atoms with Gasteiger partial charge in [0.25, 0.3) is 10.0 Å². The van der Waals surface area contributed by atoms with Gasteiger partial charge in [-0.2, -0.15) is 0 Å². The van der Waals surface area contributed by atoms with Crippen molar-refractivity contribution in [2.75, 3.05) is 51.4 Å². The molecule has 0 bridgehead atoms. The number of sulfonamides is 1. The highest BCUT2D eigenvalue weighted by molar-refractivity contribution is 7.92. The molecule has 26 heavy (non-hydrogen) atoms. The van der Waals surface area contributed by atoms with Crippen LogP contribution in [0.2, 0.25) is 0 Å². The van der Waals surface area contributed by atoms with E-state index >= 15 is 0 Å². The van der Waals surface area contributed by atoms with Gasteiger partial charge in [0.15, 0.2) is 0 Å². The Morgan fingerprint density at radius 3 is 2.19 bits per heavy atom. The number of nitrogens with zero attached hydrogens (tertiary/aromatic N) is 1. The molecule has 0 heterocycles. The van der Waals surface area contributed by atoms with Crippen molar-refractivity contribution in [3.8, 4) is 11.5 Å². The SMILES string of the molecule is COc1ccc(S(=O)(=O)Nc2ccc(NCCN(C)C)cc2)c(OC)c1. The topological polar surface area (TPSA) is 79.9 Å². The Bertz CT molecular complexity index is 821. The first-order valence-electron chi connectivity index (χ1n) is 8.09. The molecule has 0 saturated heterocycles. The van der Waals surface area contributed by atoms with Crippen LogP contribution in [0.1, 0.15) is 0 Å². The average Bonchev–Trinajstić information content (AvgIpc) is 2.62. The Labute approximate surface area is 155 Å². The van der Waals surface area contributed by atoms with Crippen molar-refractivity contribution in [1.29, 1.82) is 0 Å². The minimum atomic E-state index is -3.78. The lowest BCUT2D eigenvalue weighted by atomic mass is 10.3. The molecule has 0 aromatic heterocycles. The highest BCUT2D eigenvalue weighted by Crippen LogP contribution is 2.29. The Morgan fingerprint density at radius 2 is 1.62 bits per heavy atom. The fraction of sp³-hybridized carbons (Fsp3) is 0.333. The van der Waals surface area contributed by atoms with Crippen molar-refractivity contribution in [1.82, 2.24) is 4.90 Å². The summed E-state index contributed by atoms with van der Waals surface area (Å²) in [6.07, 6.45) is 0. The summed E-state index contributed by atoms with van der Waals surface area (Å²) in [4.78, 5) is 2.13. The summed E-state index contributed by atoms with van der Waals surface area (Å²) in [7, 11) is 3.16. The number of nitrogens with one attached hydrogen (secondary N) is 2. The van der Waals surface area contributed by atoms with Crippen molar-refractivity contribution in [2.24, 2.45) is 0 Å². The highest BCUT2D eigenvalue weighted by Gasteiger charge is 2.20. The number of methoxy groups -OCH3 is 2. The molecule has 0 amide bonds. The number of likely N-dealkylation sites (N-methyl/N-ethyl adjacent to an activating group) is 1.